The third-order valence-electron chi connectivity index (χ3n) is 2.81. The lowest BCUT2D eigenvalue weighted by Gasteiger charge is -2.11. The zero-order valence-electron chi connectivity index (χ0n) is 10.1. The van der Waals surface area contributed by atoms with E-state index in [-0.39, 0.29) is 11.6 Å². The summed E-state index contributed by atoms with van der Waals surface area (Å²) in [7, 11) is 1.77. The highest BCUT2D eigenvalue weighted by Gasteiger charge is 2.10. The minimum Gasteiger partial charge on any atom is -0.326 e. The van der Waals surface area contributed by atoms with Crippen molar-refractivity contribution in [2.75, 3.05) is 0 Å². The Kier molecular flexibility index (Phi) is 3.23. The molecule has 0 radical (unpaired) electrons. The first-order valence-electron chi connectivity index (χ1n) is 5.76. The number of nitrogens with zero attached hydrogens (tertiary/aromatic N) is 4. The van der Waals surface area contributed by atoms with E-state index in [0.717, 1.165) is 12.8 Å². The van der Waals surface area contributed by atoms with Crippen molar-refractivity contribution >= 4 is 11.0 Å². The number of rotatable bonds is 4. The molecule has 2 heterocycles. The molecule has 17 heavy (non-hydrogen) atoms. The molecule has 0 aliphatic rings. The van der Waals surface area contributed by atoms with Crippen LogP contribution in [0.15, 0.2) is 17.3 Å². The Labute approximate surface area is 99.1 Å². The van der Waals surface area contributed by atoms with E-state index in [9.17, 15) is 4.79 Å². The van der Waals surface area contributed by atoms with Gasteiger partial charge < -0.3 is 5.73 Å². The van der Waals surface area contributed by atoms with Gasteiger partial charge >= 0.3 is 0 Å². The fourth-order valence-electron chi connectivity index (χ4n) is 1.91. The van der Waals surface area contributed by atoms with Crippen molar-refractivity contribution in [3.63, 3.8) is 0 Å². The average Bonchev–Trinajstić information content (AvgIpc) is 2.66. The van der Waals surface area contributed by atoms with Gasteiger partial charge in [-0.25, -0.2) is 4.98 Å². The van der Waals surface area contributed by atoms with E-state index >= 15 is 0 Å². The van der Waals surface area contributed by atoms with Gasteiger partial charge in [0.05, 0.1) is 6.20 Å². The lowest BCUT2D eigenvalue weighted by atomic mass is 10.2. The van der Waals surface area contributed by atoms with E-state index in [4.69, 9.17) is 5.73 Å². The summed E-state index contributed by atoms with van der Waals surface area (Å²) >= 11 is 0. The maximum absolute atomic E-state index is 12.1. The molecule has 0 bridgehead atoms. The van der Waals surface area contributed by atoms with E-state index < -0.39 is 0 Å². The largest absolute Gasteiger partial charge is 0.326 e. The molecule has 0 amide bonds. The van der Waals surface area contributed by atoms with E-state index in [2.05, 4.69) is 17.0 Å². The van der Waals surface area contributed by atoms with Gasteiger partial charge in [-0.2, -0.15) is 5.10 Å². The Morgan fingerprint density at radius 3 is 3.00 bits per heavy atom. The molecule has 1 unspecified atom stereocenters. The fraction of sp³-hybridized carbons (Fsp3) is 0.545. The van der Waals surface area contributed by atoms with Gasteiger partial charge in [-0.05, 0) is 6.42 Å². The van der Waals surface area contributed by atoms with Gasteiger partial charge in [0.2, 0.25) is 0 Å². The van der Waals surface area contributed by atoms with Gasteiger partial charge in [0.1, 0.15) is 11.7 Å². The van der Waals surface area contributed by atoms with E-state index in [1.807, 2.05) is 0 Å². The molecule has 2 rings (SSSR count). The Morgan fingerprint density at radius 1 is 1.53 bits per heavy atom. The van der Waals surface area contributed by atoms with Crippen LogP contribution in [0.2, 0.25) is 0 Å². The highest BCUT2D eigenvalue weighted by atomic mass is 16.1. The van der Waals surface area contributed by atoms with Crippen LogP contribution in [0.3, 0.4) is 0 Å². The fourth-order valence-corrected chi connectivity index (χ4v) is 1.91. The minimum absolute atomic E-state index is 0.00591. The number of aryl methyl sites for hydroxylation is 1. The maximum Gasteiger partial charge on any atom is 0.264 e. The number of fused-ring (bicyclic) bond motifs is 1. The zero-order chi connectivity index (χ0) is 12.4. The first kappa shape index (κ1) is 11.8. The molecule has 0 saturated carbocycles. The van der Waals surface area contributed by atoms with Gasteiger partial charge in [0.25, 0.3) is 5.56 Å². The van der Waals surface area contributed by atoms with E-state index in [1.54, 1.807) is 28.8 Å². The Hall–Kier alpha value is -1.69. The normalized spacial score (nSPS) is 13.1. The van der Waals surface area contributed by atoms with Crippen molar-refractivity contribution in [2.45, 2.75) is 32.4 Å². The van der Waals surface area contributed by atoms with E-state index in [0.29, 0.717) is 17.6 Å². The predicted octanol–water partition coefficient (Wildman–Crippen LogP) is 0.257. The molecule has 0 aromatic carbocycles. The molecular weight excluding hydrogens is 218 g/mol. The summed E-state index contributed by atoms with van der Waals surface area (Å²) in [4.78, 5) is 16.3. The molecular formula is C11H17N5O. The molecule has 1 atom stereocenters. The highest BCUT2D eigenvalue weighted by molar-refractivity contribution is 5.72. The van der Waals surface area contributed by atoms with Crippen LogP contribution < -0.4 is 11.3 Å². The summed E-state index contributed by atoms with van der Waals surface area (Å²) in [6.45, 7) is 2.58. The molecule has 0 aliphatic heterocycles. The molecule has 0 fully saturated rings. The van der Waals surface area contributed by atoms with Crippen LogP contribution in [-0.2, 0) is 13.6 Å². The molecule has 6 heteroatoms. The van der Waals surface area contributed by atoms with Crippen molar-refractivity contribution in [1.29, 1.82) is 0 Å². The lowest BCUT2D eigenvalue weighted by Crippen LogP contribution is -2.32. The zero-order valence-corrected chi connectivity index (χ0v) is 10.1. The number of aromatic nitrogens is 4. The van der Waals surface area contributed by atoms with E-state index in [1.165, 1.54) is 0 Å². The Bertz CT molecular complexity index is 571. The molecule has 2 aromatic heterocycles. The van der Waals surface area contributed by atoms with Gasteiger partial charge in [0.15, 0.2) is 5.65 Å². The van der Waals surface area contributed by atoms with Crippen LogP contribution in [0.4, 0.5) is 0 Å². The summed E-state index contributed by atoms with van der Waals surface area (Å²) in [5.41, 5.74) is 6.46. The molecule has 2 N–H and O–H groups in total. The summed E-state index contributed by atoms with van der Waals surface area (Å²) in [5.74, 6) is 0. The van der Waals surface area contributed by atoms with Crippen LogP contribution >= 0.6 is 0 Å². The van der Waals surface area contributed by atoms with Crippen LogP contribution in [-0.4, -0.2) is 25.4 Å². The first-order chi connectivity index (χ1) is 8.13. The number of hydrogen-bond acceptors (Lipinski definition) is 4. The van der Waals surface area contributed by atoms with Crippen molar-refractivity contribution in [3.8, 4) is 0 Å². The molecule has 0 aliphatic carbocycles. The van der Waals surface area contributed by atoms with Crippen molar-refractivity contribution in [2.24, 2.45) is 12.8 Å². The highest BCUT2D eigenvalue weighted by Crippen LogP contribution is 2.04. The van der Waals surface area contributed by atoms with Crippen LogP contribution in [0, 0.1) is 0 Å². The first-order valence-corrected chi connectivity index (χ1v) is 5.76. The van der Waals surface area contributed by atoms with Gasteiger partial charge in [-0.1, -0.05) is 13.3 Å². The van der Waals surface area contributed by atoms with Gasteiger partial charge in [-0.15, -0.1) is 0 Å². The van der Waals surface area contributed by atoms with Crippen LogP contribution in [0.1, 0.15) is 19.8 Å². The summed E-state index contributed by atoms with van der Waals surface area (Å²) < 4.78 is 3.15. The molecule has 2 aromatic rings. The average molecular weight is 235 g/mol. The molecule has 92 valence electrons. The SMILES string of the molecule is CCCC(N)Cn1cnc2c(cnn2C)c1=O. The van der Waals surface area contributed by atoms with Gasteiger partial charge in [0, 0.05) is 19.6 Å². The van der Waals surface area contributed by atoms with Crippen molar-refractivity contribution < 1.29 is 0 Å². The lowest BCUT2D eigenvalue weighted by molar-refractivity contribution is 0.502. The van der Waals surface area contributed by atoms with Crippen molar-refractivity contribution in [3.05, 3.63) is 22.9 Å². The topological polar surface area (TPSA) is 78.7 Å². The second-order valence-corrected chi connectivity index (χ2v) is 4.26. The maximum atomic E-state index is 12.1. The van der Waals surface area contributed by atoms with Crippen LogP contribution in [0.5, 0.6) is 0 Å². The number of hydrogen-bond donors (Lipinski definition) is 1. The van der Waals surface area contributed by atoms with Crippen LogP contribution in [0.25, 0.3) is 11.0 Å². The second-order valence-electron chi connectivity index (χ2n) is 4.26. The molecule has 0 spiro atoms. The Morgan fingerprint density at radius 2 is 2.29 bits per heavy atom. The summed E-state index contributed by atoms with van der Waals surface area (Å²) in [6, 6.07) is -0.00591. The quantitative estimate of drug-likeness (QED) is 0.824. The predicted molar refractivity (Wildman–Crippen MR) is 65.7 cm³/mol. The third kappa shape index (κ3) is 2.21. The molecule has 6 nitrogen and oxygen atoms in total. The summed E-state index contributed by atoms with van der Waals surface area (Å²) in [6.07, 6.45) is 5.00. The Balaban J connectivity index is 2.36. The standard InChI is InChI=1S/C11H17N5O/c1-3-4-8(12)6-16-7-13-10-9(11(16)17)5-14-15(10)2/h5,7-8H,3-4,6,12H2,1-2H3. The smallest absolute Gasteiger partial charge is 0.264 e. The minimum atomic E-state index is -0.0744. The second kappa shape index (κ2) is 4.67. The summed E-state index contributed by atoms with van der Waals surface area (Å²) in [5, 5.41) is 4.56. The van der Waals surface area contributed by atoms with Gasteiger partial charge in [-0.3, -0.25) is 14.0 Å². The van der Waals surface area contributed by atoms with Crippen molar-refractivity contribution in [1.82, 2.24) is 19.3 Å². The number of nitrogens with two attached hydrogens (primary N) is 1. The third-order valence-corrected chi connectivity index (χ3v) is 2.81. The monoisotopic (exact) mass is 235 g/mol. The molecule has 0 saturated heterocycles.